The van der Waals surface area contributed by atoms with Crippen molar-refractivity contribution in [3.8, 4) is 0 Å². The Labute approximate surface area is 118 Å². The van der Waals surface area contributed by atoms with Crippen molar-refractivity contribution in [2.45, 2.75) is 19.4 Å². The number of nitrogens with one attached hydrogen (secondary N) is 1. The Balaban J connectivity index is 2.11. The Kier molecular flexibility index (Phi) is 4.15. The molecule has 4 nitrogen and oxygen atoms in total. The van der Waals surface area contributed by atoms with Gasteiger partial charge in [0.05, 0.1) is 23.4 Å². The molecule has 0 atom stereocenters. The highest BCUT2D eigenvalue weighted by molar-refractivity contribution is 5.92. The molecule has 1 aromatic carbocycles. The van der Waals surface area contributed by atoms with E-state index < -0.39 is 5.54 Å². The van der Waals surface area contributed by atoms with E-state index in [-0.39, 0.29) is 12.5 Å². The quantitative estimate of drug-likeness (QED) is 0.837. The van der Waals surface area contributed by atoms with Gasteiger partial charge in [0.2, 0.25) is 5.91 Å². The second-order valence-electron chi connectivity index (χ2n) is 5.29. The van der Waals surface area contributed by atoms with Crippen LogP contribution in [0, 0.1) is 0 Å². The Morgan fingerprint density at radius 2 is 2.05 bits per heavy atom. The second kappa shape index (κ2) is 5.84. The number of hydrogen-bond acceptors (Lipinski definition) is 3. The minimum Gasteiger partial charge on any atom is -0.394 e. The number of aromatic nitrogens is 1. The summed E-state index contributed by atoms with van der Waals surface area (Å²) >= 11 is 0. The molecule has 2 N–H and O–H groups in total. The molecule has 104 valence electrons. The van der Waals surface area contributed by atoms with E-state index in [4.69, 9.17) is 5.11 Å². The molecule has 1 heterocycles. The molecule has 0 spiro atoms. The standard InChI is InChI=1S/C16H18N2O2/c1-16(2,11-19)18-15(20)10-9-13-8-7-12-5-3-4-6-14(12)17-13/h3-10,19H,11H2,1-2H3,(H,18,20)/b10-9+. The van der Waals surface area contributed by atoms with Gasteiger partial charge in [-0.05, 0) is 32.1 Å². The predicted molar refractivity (Wildman–Crippen MR) is 80.1 cm³/mol. The van der Waals surface area contributed by atoms with Gasteiger partial charge in [0.15, 0.2) is 0 Å². The molecule has 20 heavy (non-hydrogen) atoms. The minimum atomic E-state index is -0.627. The summed E-state index contributed by atoms with van der Waals surface area (Å²) in [5.41, 5.74) is 0.990. The lowest BCUT2D eigenvalue weighted by molar-refractivity contribution is -0.118. The zero-order chi connectivity index (χ0) is 14.6. The molecule has 0 radical (unpaired) electrons. The first kappa shape index (κ1) is 14.2. The smallest absolute Gasteiger partial charge is 0.244 e. The fraction of sp³-hybridized carbons (Fsp3) is 0.250. The van der Waals surface area contributed by atoms with Gasteiger partial charge in [0, 0.05) is 11.5 Å². The van der Waals surface area contributed by atoms with Crippen molar-refractivity contribution < 1.29 is 9.90 Å². The van der Waals surface area contributed by atoms with Crippen molar-refractivity contribution in [1.82, 2.24) is 10.3 Å². The van der Waals surface area contributed by atoms with Gasteiger partial charge in [-0.3, -0.25) is 4.79 Å². The molecule has 4 heteroatoms. The van der Waals surface area contributed by atoms with Crippen molar-refractivity contribution in [3.63, 3.8) is 0 Å². The molecule has 0 bridgehead atoms. The zero-order valence-corrected chi connectivity index (χ0v) is 11.6. The monoisotopic (exact) mass is 270 g/mol. The van der Waals surface area contributed by atoms with E-state index in [1.165, 1.54) is 6.08 Å². The number of rotatable bonds is 4. The molecule has 0 saturated carbocycles. The molecule has 2 aromatic rings. The van der Waals surface area contributed by atoms with Gasteiger partial charge >= 0.3 is 0 Å². The van der Waals surface area contributed by atoms with Crippen molar-refractivity contribution in [2.24, 2.45) is 0 Å². The Morgan fingerprint density at radius 3 is 2.80 bits per heavy atom. The van der Waals surface area contributed by atoms with Crippen LogP contribution in [0.2, 0.25) is 0 Å². The van der Waals surface area contributed by atoms with Crippen molar-refractivity contribution in [3.05, 3.63) is 48.2 Å². The average molecular weight is 270 g/mol. The molecule has 0 aliphatic heterocycles. The van der Waals surface area contributed by atoms with Gasteiger partial charge in [-0.25, -0.2) is 4.98 Å². The molecule has 0 unspecified atom stereocenters. The predicted octanol–water partition coefficient (Wildman–Crippen LogP) is 2.14. The normalized spacial score (nSPS) is 11.9. The Hall–Kier alpha value is -2.20. The van der Waals surface area contributed by atoms with Crippen LogP contribution in [-0.4, -0.2) is 28.1 Å². The van der Waals surface area contributed by atoms with Gasteiger partial charge in [-0.1, -0.05) is 24.3 Å². The number of aliphatic hydroxyl groups is 1. The molecule has 0 aliphatic carbocycles. The van der Waals surface area contributed by atoms with E-state index in [1.54, 1.807) is 19.9 Å². The third-order valence-corrected chi connectivity index (χ3v) is 2.88. The highest BCUT2D eigenvalue weighted by Crippen LogP contribution is 2.12. The zero-order valence-electron chi connectivity index (χ0n) is 11.6. The maximum Gasteiger partial charge on any atom is 0.244 e. The SMILES string of the molecule is CC(C)(CO)NC(=O)/C=C/c1ccc2ccccc2n1. The molecular weight excluding hydrogens is 252 g/mol. The van der Waals surface area contributed by atoms with Crippen LogP contribution in [0.5, 0.6) is 0 Å². The van der Waals surface area contributed by atoms with Crippen LogP contribution in [0.25, 0.3) is 17.0 Å². The fourth-order valence-corrected chi connectivity index (χ4v) is 1.75. The first-order valence-electron chi connectivity index (χ1n) is 6.47. The average Bonchev–Trinajstić information content (AvgIpc) is 2.44. The van der Waals surface area contributed by atoms with Crippen molar-refractivity contribution in [2.75, 3.05) is 6.61 Å². The molecule has 1 aromatic heterocycles. The Morgan fingerprint density at radius 1 is 1.30 bits per heavy atom. The lowest BCUT2D eigenvalue weighted by atomic mass is 10.1. The van der Waals surface area contributed by atoms with Gasteiger partial charge in [-0.15, -0.1) is 0 Å². The minimum absolute atomic E-state index is 0.110. The van der Waals surface area contributed by atoms with Crippen LogP contribution in [0.1, 0.15) is 19.5 Å². The van der Waals surface area contributed by atoms with E-state index in [1.807, 2.05) is 36.4 Å². The van der Waals surface area contributed by atoms with Gasteiger partial charge in [0.1, 0.15) is 0 Å². The lowest BCUT2D eigenvalue weighted by Gasteiger charge is -2.22. The Bertz CT molecular complexity index is 648. The molecule has 0 saturated heterocycles. The van der Waals surface area contributed by atoms with E-state index in [0.29, 0.717) is 0 Å². The fourth-order valence-electron chi connectivity index (χ4n) is 1.75. The highest BCUT2D eigenvalue weighted by Gasteiger charge is 2.17. The van der Waals surface area contributed by atoms with E-state index in [9.17, 15) is 4.79 Å². The number of fused-ring (bicyclic) bond motifs is 1. The third kappa shape index (κ3) is 3.65. The second-order valence-corrected chi connectivity index (χ2v) is 5.29. The van der Waals surface area contributed by atoms with Crippen LogP contribution < -0.4 is 5.32 Å². The summed E-state index contributed by atoms with van der Waals surface area (Å²) in [6.45, 7) is 3.40. The van der Waals surface area contributed by atoms with Gasteiger partial charge in [0.25, 0.3) is 0 Å². The van der Waals surface area contributed by atoms with Crippen LogP contribution in [-0.2, 0) is 4.79 Å². The van der Waals surface area contributed by atoms with Crippen molar-refractivity contribution in [1.29, 1.82) is 0 Å². The summed E-state index contributed by atoms with van der Waals surface area (Å²) < 4.78 is 0. The summed E-state index contributed by atoms with van der Waals surface area (Å²) in [7, 11) is 0. The summed E-state index contributed by atoms with van der Waals surface area (Å²) in [4.78, 5) is 16.2. The van der Waals surface area contributed by atoms with Crippen LogP contribution in [0.4, 0.5) is 0 Å². The summed E-state index contributed by atoms with van der Waals surface area (Å²) in [6, 6.07) is 11.7. The molecule has 1 amide bonds. The van der Waals surface area contributed by atoms with Gasteiger partial charge < -0.3 is 10.4 Å². The first-order chi connectivity index (χ1) is 9.50. The van der Waals surface area contributed by atoms with Crippen LogP contribution >= 0.6 is 0 Å². The summed E-state index contributed by atoms with van der Waals surface area (Å²) in [6.07, 6.45) is 3.09. The molecule has 0 aliphatic rings. The van der Waals surface area contributed by atoms with Crippen LogP contribution in [0.15, 0.2) is 42.5 Å². The largest absolute Gasteiger partial charge is 0.394 e. The highest BCUT2D eigenvalue weighted by atomic mass is 16.3. The van der Waals surface area contributed by atoms with Crippen LogP contribution in [0.3, 0.4) is 0 Å². The topological polar surface area (TPSA) is 62.2 Å². The summed E-state index contributed by atoms with van der Waals surface area (Å²) in [5, 5.41) is 12.9. The number of carbonyl (C=O) groups excluding carboxylic acids is 1. The molecule has 2 rings (SSSR count). The number of para-hydroxylation sites is 1. The number of pyridine rings is 1. The maximum atomic E-state index is 11.7. The third-order valence-electron chi connectivity index (χ3n) is 2.88. The van der Waals surface area contributed by atoms with E-state index in [0.717, 1.165) is 16.6 Å². The number of aliphatic hydroxyl groups excluding tert-OH is 1. The van der Waals surface area contributed by atoms with Crippen molar-refractivity contribution >= 4 is 22.9 Å². The number of benzene rings is 1. The summed E-state index contributed by atoms with van der Waals surface area (Å²) in [5.74, 6) is -0.251. The number of nitrogens with zero attached hydrogens (tertiary/aromatic N) is 1. The van der Waals surface area contributed by atoms with E-state index >= 15 is 0 Å². The number of amides is 1. The number of carbonyl (C=O) groups is 1. The van der Waals surface area contributed by atoms with Gasteiger partial charge in [-0.2, -0.15) is 0 Å². The maximum absolute atomic E-state index is 11.7. The first-order valence-corrected chi connectivity index (χ1v) is 6.47. The molecular formula is C16H18N2O2. The molecule has 0 fully saturated rings. The van der Waals surface area contributed by atoms with E-state index in [2.05, 4.69) is 10.3 Å². The lowest BCUT2D eigenvalue weighted by Crippen LogP contribution is -2.45. The number of hydrogen-bond donors (Lipinski definition) is 2.